The van der Waals surface area contributed by atoms with Gasteiger partial charge in [0.25, 0.3) is 10.0 Å². The van der Waals surface area contributed by atoms with Crippen LogP contribution in [0.4, 0.5) is 5.69 Å². The third-order valence-electron chi connectivity index (χ3n) is 3.29. The second kappa shape index (κ2) is 5.71. The number of anilines is 1. The molecule has 0 aliphatic carbocycles. The molecule has 0 bridgehead atoms. The van der Waals surface area contributed by atoms with Crippen molar-refractivity contribution in [1.82, 2.24) is 5.16 Å². The molecule has 0 radical (unpaired) electrons. The van der Waals surface area contributed by atoms with Crippen LogP contribution in [0.2, 0.25) is 0 Å². The van der Waals surface area contributed by atoms with Crippen LogP contribution in [0, 0.1) is 13.8 Å². The van der Waals surface area contributed by atoms with Crippen LogP contribution in [0.25, 0.3) is 0 Å². The van der Waals surface area contributed by atoms with Gasteiger partial charge in [-0.2, -0.15) is 0 Å². The lowest BCUT2D eigenvalue weighted by Gasteiger charge is -2.11. The largest absolute Gasteiger partial charge is 0.360 e. The monoisotopic (exact) mass is 324 g/mol. The Morgan fingerprint density at radius 3 is 2.32 bits per heavy atom. The summed E-state index contributed by atoms with van der Waals surface area (Å²) < 4.78 is 43.0. The number of aromatic nitrogens is 1. The lowest BCUT2D eigenvalue weighted by Crippen LogP contribution is -2.14. The summed E-state index contributed by atoms with van der Waals surface area (Å²) in [5.74, 6) is 0.259. The van der Waals surface area contributed by atoms with Crippen molar-refractivity contribution in [1.29, 1.82) is 0 Å². The van der Waals surface area contributed by atoms with E-state index in [9.17, 15) is 8.42 Å². The molecule has 1 N–H and O–H groups in total. The van der Waals surface area contributed by atoms with Crippen LogP contribution in [0.3, 0.4) is 0 Å². The van der Waals surface area contributed by atoms with E-state index >= 15 is 0 Å². The quantitative estimate of drug-likeness (QED) is 0.926. The minimum Gasteiger partial charge on any atom is -0.360 e. The highest BCUT2D eigenvalue weighted by atomic mass is 32.2. The summed E-state index contributed by atoms with van der Waals surface area (Å²) in [4.78, 5) is 0.0686. The van der Waals surface area contributed by atoms with Crippen molar-refractivity contribution >= 4 is 15.7 Å². The maximum absolute atomic E-state index is 12.4. The molecule has 2 heterocycles. The summed E-state index contributed by atoms with van der Waals surface area (Å²) in [6.45, 7) is 4.27. The molecule has 22 heavy (non-hydrogen) atoms. The predicted octanol–water partition coefficient (Wildman–Crippen LogP) is 2.14. The molecule has 118 valence electrons. The van der Waals surface area contributed by atoms with E-state index in [1.807, 2.05) is 0 Å². The van der Waals surface area contributed by atoms with Gasteiger partial charge in [0.1, 0.15) is 5.69 Å². The highest BCUT2D eigenvalue weighted by Gasteiger charge is 2.24. The lowest BCUT2D eigenvalue weighted by atomic mass is 10.2. The third-order valence-corrected chi connectivity index (χ3v) is 4.92. The SMILES string of the molecule is Cc1noc(C)c1S(=O)(=O)Nc1ccc(C2OCCO2)cc1. The maximum atomic E-state index is 12.4. The van der Waals surface area contributed by atoms with Gasteiger partial charge >= 0.3 is 0 Å². The number of nitrogens with zero attached hydrogens (tertiary/aromatic N) is 1. The van der Waals surface area contributed by atoms with E-state index < -0.39 is 10.0 Å². The first-order chi connectivity index (χ1) is 10.5. The smallest absolute Gasteiger partial charge is 0.267 e. The Hall–Kier alpha value is -1.90. The maximum Gasteiger partial charge on any atom is 0.267 e. The van der Waals surface area contributed by atoms with Crippen molar-refractivity contribution in [3.63, 3.8) is 0 Å². The van der Waals surface area contributed by atoms with Crippen molar-refractivity contribution in [2.24, 2.45) is 0 Å². The summed E-state index contributed by atoms with van der Waals surface area (Å²) in [6, 6.07) is 6.86. The van der Waals surface area contributed by atoms with Gasteiger partial charge in [-0.1, -0.05) is 17.3 Å². The predicted molar refractivity (Wildman–Crippen MR) is 77.9 cm³/mol. The van der Waals surface area contributed by atoms with E-state index in [-0.39, 0.29) is 16.9 Å². The van der Waals surface area contributed by atoms with Gasteiger partial charge in [0.05, 0.1) is 13.2 Å². The molecular weight excluding hydrogens is 308 g/mol. The Balaban J connectivity index is 1.80. The van der Waals surface area contributed by atoms with Crippen LogP contribution in [0.1, 0.15) is 23.3 Å². The Labute approximate surface area is 128 Å². The van der Waals surface area contributed by atoms with Crippen molar-refractivity contribution in [3.05, 3.63) is 41.3 Å². The Kier molecular flexibility index (Phi) is 3.90. The molecule has 0 unspecified atom stereocenters. The molecule has 2 aromatic rings. The number of hydrogen-bond acceptors (Lipinski definition) is 6. The minimum absolute atomic E-state index is 0.0686. The van der Waals surface area contributed by atoms with E-state index in [0.29, 0.717) is 24.6 Å². The van der Waals surface area contributed by atoms with Crippen molar-refractivity contribution in [3.8, 4) is 0 Å². The lowest BCUT2D eigenvalue weighted by molar-refractivity contribution is -0.0441. The number of nitrogens with one attached hydrogen (secondary N) is 1. The second-order valence-corrected chi connectivity index (χ2v) is 6.57. The summed E-state index contributed by atoms with van der Waals surface area (Å²) in [7, 11) is -3.73. The van der Waals surface area contributed by atoms with E-state index in [0.717, 1.165) is 5.56 Å². The molecule has 1 aromatic carbocycles. The number of aryl methyl sites for hydroxylation is 2. The Morgan fingerprint density at radius 1 is 1.14 bits per heavy atom. The number of sulfonamides is 1. The minimum atomic E-state index is -3.73. The number of rotatable bonds is 4. The van der Waals surface area contributed by atoms with E-state index in [1.54, 1.807) is 38.1 Å². The fraction of sp³-hybridized carbons (Fsp3) is 0.357. The molecule has 0 amide bonds. The average Bonchev–Trinajstić information content (AvgIpc) is 3.09. The zero-order valence-electron chi connectivity index (χ0n) is 12.2. The van der Waals surface area contributed by atoms with E-state index in [1.165, 1.54) is 0 Å². The molecule has 1 aliphatic rings. The molecule has 1 aromatic heterocycles. The average molecular weight is 324 g/mol. The van der Waals surface area contributed by atoms with Crippen LogP contribution in [-0.4, -0.2) is 26.8 Å². The Bertz CT molecular complexity index is 742. The summed E-state index contributed by atoms with van der Waals surface area (Å²) >= 11 is 0. The van der Waals surface area contributed by atoms with Gasteiger partial charge in [-0.25, -0.2) is 8.42 Å². The molecule has 0 atom stereocenters. The normalized spacial score (nSPS) is 16.1. The summed E-state index contributed by atoms with van der Waals surface area (Å²) in [6.07, 6.45) is -0.381. The highest BCUT2D eigenvalue weighted by molar-refractivity contribution is 7.92. The van der Waals surface area contributed by atoms with Gasteiger partial charge in [-0.05, 0) is 26.0 Å². The fourth-order valence-corrected chi connectivity index (χ4v) is 3.71. The van der Waals surface area contributed by atoms with Gasteiger partial charge in [-0.3, -0.25) is 4.72 Å². The van der Waals surface area contributed by atoms with Gasteiger partial charge in [0.15, 0.2) is 16.9 Å². The zero-order chi connectivity index (χ0) is 15.7. The van der Waals surface area contributed by atoms with Gasteiger partial charge in [0.2, 0.25) is 0 Å². The van der Waals surface area contributed by atoms with Crippen LogP contribution >= 0.6 is 0 Å². The summed E-state index contributed by atoms with van der Waals surface area (Å²) in [5.41, 5.74) is 1.62. The van der Waals surface area contributed by atoms with Gasteiger partial charge < -0.3 is 14.0 Å². The molecule has 0 saturated carbocycles. The van der Waals surface area contributed by atoms with E-state index in [4.69, 9.17) is 14.0 Å². The van der Waals surface area contributed by atoms with Crippen LogP contribution < -0.4 is 4.72 Å². The van der Waals surface area contributed by atoms with Crippen LogP contribution in [0.5, 0.6) is 0 Å². The molecule has 0 spiro atoms. The highest BCUT2D eigenvalue weighted by Crippen LogP contribution is 2.26. The van der Waals surface area contributed by atoms with Gasteiger partial charge in [-0.15, -0.1) is 0 Å². The first kappa shape index (κ1) is 15.0. The summed E-state index contributed by atoms with van der Waals surface area (Å²) in [5, 5.41) is 3.66. The molecule has 7 nitrogen and oxygen atoms in total. The van der Waals surface area contributed by atoms with Crippen molar-refractivity contribution < 1.29 is 22.4 Å². The fourth-order valence-electron chi connectivity index (χ4n) is 2.32. The van der Waals surface area contributed by atoms with Crippen LogP contribution in [0.15, 0.2) is 33.7 Å². The van der Waals surface area contributed by atoms with Crippen LogP contribution in [-0.2, 0) is 19.5 Å². The third kappa shape index (κ3) is 2.85. The molecule has 1 fully saturated rings. The molecule has 1 aliphatic heterocycles. The van der Waals surface area contributed by atoms with Crippen molar-refractivity contribution in [2.45, 2.75) is 25.0 Å². The number of benzene rings is 1. The molecular formula is C14H16N2O5S. The number of ether oxygens (including phenoxy) is 2. The van der Waals surface area contributed by atoms with Gasteiger partial charge in [0, 0.05) is 11.3 Å². The van der Waals surface area contributed by atoms with E-state index in [2.05, 4.69) is 9.88 Å². The zero-order valence-corrected chi connectivity index (χ0v) is 13.0. The first-order valence-electron chi connectivity index (χ1n) is 6.76. The Morgan fingerprint density at radius 2 is 1.77 bits per heavy atom. The second-order valence-electron chi connectivity index (χ2n) is 4.95. The first-order valence-corrected chi connectivity index (χ1v) is 8.24. The molecule has 3 rings (SSSR count). The number of hydrogen-bond donors (Lipinski definition) is 1. The molecule has 8 heteroatoms. The topological polar surface area (TPSA) is 90.7 Å². The molecule has 1 saturated heterocycles. The standard InChI is InChI=1S/C14H16N2O5S/c1-9-13(10(2)21-15-9)22(17,18)16-12-5-3-11(4-6-12)14-19-7-8-20-14/h3-6,14,16H,7-8H2,1-2H3. The van der Waals surface area contributed by atoms with Crippen molar-refractivity contribution in [2.75, 3.05) is 17.9 Å².